The van der Waals surface area contributed by atoms with Crippen LogP contribution in [0.5, 0.6) is 0 Å². The molecular formula is C35H32FNO3. The predicted octanol–water partition coefficient (Wildman–Crippen LogP) is 8.80. The minimum atomic E-state index is -1.06. The lowest BCUT2D eigenvalue weighted by Crippen LogP contribution is -2.14. The molecule has 4 aromatic carbocycles. The van der Waals surface area contributed by atoms with Crippen LogP contribution in [0.2, 0.25) is 0 Å². The summed E-state index contributed by atoms with van der Waals surface area (Å²) in [6.45, 7) is 0. The van der Waals surface area contributed by atoms with E-state index in [2.05, 4.69) is 12.1 Å². The maximum Gasteiger partial charge on any atom is 0.303 e. The van der Waals surface area contributed by atoms with Crippen molar-refractivity contribution < 1.29 is 19.1 Å². The Labute approximate surface area is 233 Å². The highest BCUT2D eigenvalue weighted by molar-refractivity contribution is 6.09. The van der Waals surface area contributed by atoms with E-state index in [1.165, 1.54) is 43.7 Å². The number of aliphatic carboxylic acids is 1. The minimum absolute atomic E-state index is 0.0687. The van der Waals surface area contributed by atoms with E-state index in [-0.39, 0.29) is 24.2 Å². The Hall–Kier alpha value is -4.25. The van der Waals surface area contributed by atoms with Crippen molar-refractivity contribution in [1.29, 1.82) is 0 Å². The Morgan fingerprint density at radius 1 is 0.800 bits per heavy atom. The lowest BCUT2D eigenvalue weighted by atomic mass is 9.83. The summed E-state index contributed by atoms with van der Waals surface area (Å²) < 4.78 is 17.8. The van der Waals surface area contributed by atoms with Gasteiger partial charge in [0.05, 0.1) is 17.5 Å². The van der Waals surface area contributed by atoms with Crippen LogP contribution in [0, 0.1) is 5.82 Å². The summed E-state index contributed by atoms with van der Waals surface area (Å²) in [5.74, 6) is -1.97. The Balaban J connectivity index is 1.29. The van der Waals surface area contributed by atoms with E-state index in [9.17, 15) is 14.7 Å². The van der Waals surface area contributed by atoms with E-state index in [0.717, 1.165) is 21.8 Å². The number of benzene rings is 4. The van der Waals surface area contributed by atoms with Crippen LogP contribution in [0.4, 0.5) is 4.39 Å². The highest BCUT2D eigenvalue weighted by atomic mass is 19.1. The van der Waals surface area contributed by atoms with Crippen LogP contribution in [0.15, 0.2) is 91.0 Å². The highest BCUT2D eigenvalue weighted by Gasteiger charge is 2.24. The predicted molar refractivity (Wildman–Crippen MR) is 157 cm³/mol. The number of nitrogens with zero attached hydrogens (tertiary/aromatic N) is 1. The zero-order chi connectivity index (χ0) is 27.6. The van der Waals surface area contributed by atoms with Gasteiger partial charge in [0.15, 0.2) is 5.78 Å². The van der Waals surface area contributed by atoms with Crippen LogP contribution >= 0.6 is 0 Å². The number of carboxylic acids is 1. The summed E-state index contributed by atoms with van der Waals surface area (Å²) in [5, 5.41) is 11.8. The Bertz CT molecular complexity index is 1640. The summed E-state index contributed by atoms with van der Waals surface area (Å²) in [6, 6.07) is 28.6. The molecule has 1 aliphatic carbocycles. The highest BCUT2D eigenvalue weighted by Crippen LogP contribution is 2.35. The van der Waals surface area contributed by atoms with E-state index < -0.39 is 17.7 Å². The van der Waals surface area contributed by atoms with Crippen molar-refractivity contribution in [3.63, 3.8) is 0 Å². The SMILES string of the molecule is O=C(O)CC(CC(=O)c1ccc(C2CCCCC2)cc1)c1ccc(-n2c3ccccc3c3ccccc32)cc1F. The van der Waals surface area contributed by atoms with Crippen molar-refractivity contribution in [1.82, 2.24) is 4.57 Å². The lowest BCUT2D eigenvalue weighted by Gasteiger charge is -2.22. The molecule has 1 unspecified atom stereocenters. The maximum atomic E-state index is 15.7. The largest absolute Gasteiger partial charge is 0.481 e. The third-order valence-corrected chi connectivity index (χ3v) is 8.42. The van der Waals surface area contributed by atoms with Crippen molar-refractivity contribution in [2.24, 2.45) is 0 Å². The Morgan fingerprint density at radius 2 is 1.43 bits per heavy atom. The van der Waals surface area contributed by atoms with Crippen LogP contribution < -0.4 is 0 Å². The monoisotopic (exact) mass is 533 g/mol. The molecule has 1 atom stereocenters. The van der Waals surface area contributed by atoms with Crippen LogP contribution in [0.25, 0.3) is 27.5 Å². The molecule has 1 N–H and O–H groups in total. The molecule has 0 aliphatic heterocycles. The second-order valence-electron chi connectivity index (χ2n) is 11.0. The number of hydrogen-bond acceptors (Lipinski definition) is 2. The van der Waals surface area contributed by atoms with Crippen LogP contribution in [0.3, 0.4) is 0 Å². The minimum Gasteiger partial charge on any atom is -0.481 e. The quantitative estimate of drug-likeness (QED) is 0.203. The van der Waals surface area contributed by atoms with Crippen LogP contribution in [-0.4, -0.2) is 21.4 Å². The van der Waals surface area contributed by atoms with Crippen molar-refractivity contribution in [3.05, 3.63) is 114 Å². The molecule has 1 fully saturated rings. The second-order valence-corrected chi connectivity index (χ2v) is 11.0. The first-order valence-electron chi connectivity index (χ1n) is 14.1. The van der Waals surface area contributed by atoms with E-state index >= 15 is 4.39 Å². The summed E-state index contributed by atoms with van der Waals surface area (Å²) in [6.07, 6.45) is 5.73. The number of para-hydroxylation sites is 2. The van der Waals surface area contributed by atoms with Crippen molar-refractivity contribution in [3.8, 4) is 5.69 Å². The van der Waals surface area contributed by atoms with E-state index in [1.807, 2.05) is 71.3 Å². The van der Waals surface area contributed by atoms with Crippen molar-refractivity contribution >= 4 is 33.6 Å². The fourth-order valence-corrected chi connectivity index (χ4v) is 6.41. The number of carboxylic acid groups (broad SMARTS) is 1. The second kappa shape index (κ2) is 11.1. The van der Waals surface area contributed by atoms with Gasteiger partial charge < -0.3 is 9.67 Å². The number of aromatic nitrogens is 1. The molecule has 0 bridgehead atoms. The van der Waals surface area contributed by atoms with E-state index in [4.69, 9.17) is 0 Å². The van der Waals surface area contributed by atoms with Gasteiger partial charge in [0.2, 0.25) is 0 Å². The van der Waals surface area contributed by atoms with Gasteiger partial charge in [-0.05, 0) is 54.2 Å². The molecule has 1 aromatic heterocycles. The number of carbonyl (C=O) groups is 2. The molecule has 202 valence electrons. The Morgan fingerprint density at radius 3 is 2.02 bits per heavy atom. The molecule has 1 aliphatic rings. The lowest BCUT2D eigenvalue weighted by molar-refractivity contribution is -0.137. The van der Waals surface area contributed by atoms with Crippen LogP contribution in [-0.2, 0) is 4.79 Å². The first-order chi connectivity index (χ1) is 19.5. The number of ketones is 1. The van der Waals surface area contributed by atoms with Crippen molar-refractivity contribution in [2.45, 2.75) is 56.8 Å². The topological polar surface area (TPSA) is 59.3 Å². The fourth-order valence-electron chi connectivity index (χ4n) is 6.41. The molecule has 0 saturated heterocycles. The zero-order valence-corrected chi connectivity index (χ0v) is 22.4. The van der Waals surface area contributed by atoms with Gasteiger partial charge in [0.25, 0.3) is 0 Å². The molecule has 1 heterocycles. The number of Topliss-reactive ketones (excluding diaryl/α,β-unsaturated/α-hetero) is 1. The summed E-state index contributed by atoms with van der Waals surface area (Å²) in [7, 11) is 0. The average molecular weight is 534 g/mol. The number of hydrogen-bond donors (Lipinski definition) is 1. The van der Waals surface area contributed by atoms with Gasteiger partial charge in [0, 0.05) is 34.4 Å². The van der Waals surface area contributed by atoms with Crippen LogP contribution in [0.1, 0.15) is 78.3 Å². The van der Waals surface area contributed by atoms with Gasteiger partial charge in [-0.15, -0.1) is 0 Å². The molecule has 4 nitrogen and oxygen atoms in total. The van der Waals surface area contributed by atoms with Gasteiger partial charge in [-0.1, -0.05) is 86.0 Å². The molecule has 5 heteroatoms. The fraction of sp³-hybridized carbons (Fsp3) is 0.257. The standard InChI is InChI=1S/C35H32FNO3/c36-31-22-27(37-32-12-6-4-10-29(32)30-11-5-7-13-33(30)37)18-19-28(31)26(21-35(39)40)20-34(38)25-16-14-24(15-17-25)23-8-2-1-3-9-23/h4-7,10-19,22-23,26H,1-3,8-9,20-21H2,(H,39,40). The third-order valence-electron chi connectivity index (χ3n) is 8.42. The molecule has 6 rings (SSSR count). The van der Waals surface area contributed by atoms with Crippen molar-refractivity contribution in [2.75, 3.05) is 0 Å². The molecule has 0 radical (unpaired) electrons. The zero-order valence-electron chi connectivity index (χ0n) is 22.4. The molecular weight excluding hydrogens is 501 g/mol. The number of carbonyl (C=O) groups excluding carboxylic acids is 1. The summed E-state index contributed by atoms with van der Waals surface area (Å²) in [4.78, 5) is 25.0. The summed E-state index contributed by atoms with van der Waals surface area (Å²) >= 11 is 0. The smallest absolute Gasteiger partial charge is 0.303 e. The number of halogens is 1. The normalized spacial score (nSPS) is 14.9. The number of fused-ring (bicyclic) bond motifs is 3. The Kier molecular flexibility index (Phi) is 7.21. The first kappa shape index (κ1) is 26.0. The molecule has 0 spiro atoms. The number of rotatable bonds is 8. The van der Waals surface area contributed by atoms with Gasteiger partial charge in [-0.25, -0.2) is 4.39 Å². The molecule has 0 amide bonds. The average Bonchev–Trinajstić information content (AvgIpc) is 3.31. The first-order valence-corrected chi connectivity index (χ1v) is 14.1. The van der Waals surface area contributed by atoms with E-state index in [1.54, 1.807) is 6.07 Å². The van der Waals surface area contributed by atoms with Gasteiger partial charge in [-0.2, -0.15) is 0 Å². The summed E-state index contributed by atoms with van der Waals surface area (Å²) in [5.41, 5.74) is 4.62. The molecule has 1 saturated carbocycles. The van der Waals surface area contributed by atoms with E-state index in [0.29, 0.717) is 17.2 Å². The molecule has 5 aromatic rings. The third kappa shape index (κ3) is 5.04. The van der Waals surface area contributed by atoms with Gasteiger partial charge in [-0.3, -0.25) is 9.59 Å². The van der Waals surface area contributed by atoms with Gasteiger partial charge in [0.1, 0.15) is 5.82 Å². The van der Waals surface area contributed by atoms with Gasteiger partial charge >= 0.3 is 5.97 Å². The molecule has 40 heavy (non-hydrogen) atoms. The maximum absolute atomic E-state index is 15.7.